The monoisotopic (exact) mass is 273 g/mol. The van der Waals surface area contributed by atoms with Gasteiger partial charge in [0, 0.05) is 20.2 Å². The molecule has 0 saturated carbocycles. The van der Waals surface area contributed by atoms with Crippen LogP contribution in [-0.2, 0) is 14.3 Å². The lowest BCUT2D eigenvalue weighted by Gasteiger charge is -2.32. The minimum atomic E-state index is -1.07. The summed E-state index contributed by atoms with van der Waals surface area (Å²) in [5.41, 5.74) is -0.606. The maximum absolute atomic E-state index is 12.5. The van der Waals surface area contributed by atoms with Gasteiger partial charge >= 0.3 is 5.97 Å². The minimum Gasteiger partial charge on any atom is -0.481 e. The number of carbonyl (C=O) groups excluding carboxylic acids is 1. The average Bonchev–Trinajstić information content (AvgIpc) is 2.20. The molecule has 0 aliphatic rings. The van der Waals surface area contributed by atoms with Gasteiger partial charge in [0.25, 0.3) is 0 Å². The van der Waals surface area contributed by atoms with Crippen LogP contribution in [0.4, 0.5) is 0 Å². The Morgan fingerprint density at radius 2 is 1.79 bits per heavy atom. The number of carboxylic acids is 1. The summed E-state index contributed by atoms with van der Waals surface area (Å²) in [6.07, 6.45) is 0. The van der Waals surface area contributed by atoms with Gasteiger partial charge in [-0.15, -0.1) is 0 Å². The molecule has 0 aromatic carbocycles. The van der Waals surface area contributed by atoms with Crippen molar-refractivity contribution >= 4 is 11.9 Å². The number of carboxylic acid groups (broad SMARTS) is 1. The van der Waals surface area contributed by atoms with Gasteiger partial charge in [0.1, 0.15) is 5.92 Å². The second kappa shape index (κ2) is 7.48. The van der Waals surface area contributed by atoms with Crippen molar-refractivity contribution in [1.82, 2.24) is 4.90 Å². The van der Waals surface area contributed by atoms with E-state index in [1.165, 1.54) is 0 Å². The quantitative estimate of drug-likeness (QED) is 0.719. The molecule has 0 aromatic rings. The van der Waals surface area contributed by atoms with Gasteiger partial charge < -0.3 is 14.7 Å². The zero-order chi connectivity index (χ0) is 15.2. The summed E-state index contributed by atoms with van der Waals surface area (Å²) in [6, 6.07) is 0. The van der Waals surface area contributed by atoms with E-state index in [0.717, 1.165) is 0 Å². The van der Waals surface area contributed by atoms with Gasteiger partial charge in [0.15, 0.2) is 0 Å². The van der Waals surface area contributed by atoms with Crippen molar-refractivity contribution in [2.45, 2.75) is 34.6 Å². The predicted octanol–water partition coefficient (Wildman–Crippen LogP) is 1.86. The van der Waals surface area contributed by atoms with Crippen LogP contribution < -0.4 is 0 Å². The second-order valence-corrected chi connectivity index (χ2v) is 6.31. The van der Waals surface area contributed by atoms with Crippen molar-refractivity contribution in [2.75, 3.05) is 26.8 Å². The summed E-state index contributed by atoms with van der Waals surface area (Å²) in [7, 11) is 1.57. The molecule has 0 bridgehead atoms. The molecular formula is C14H27NO4. The number of methoxy groups -OCH3 is 1. The summed E-state index contributed by atoms with van der Waals surface area (Å²) in [4.78, 5) is 25.4. The van der Waals surface area contributed by atoms with Crippen LogP contribution in [0.15, 0.2) is 0 Å². The fraction of sp³-hybridized carbons (Fsp3) is 0.857. The molecule has 0 saturated heterocycles. The van der Waals surface area contributed by atoms with Crippen molar-refractivity contribution in [3.63, 3.8) is 0 Å². The third-order valence-corrected chi connectivity index (χ3v) is 2.82. The molecule has 112 valence electrons. The van der Waals surface area contributed by atoms with Crippen molar-refractivity contribution < 1.29 is 19.4 Å². The highest BCUT2D eigenvalue weighted by molar-refractivity contribution is 5.97. The third kappa shape index (κ3) is 6.05. The van der Waals surface area contributed by atoms with Crippen molar-refractivity contribution in [3.05, 3.63) is 0 Å². The lowest BCUT2D eigenvalue weighted by Crippen LogP contribution is -2.47. The highest BCUT2D eigenvalue weighted by Crippen LogP contribution is 2.28. The van der Waals surface area contributed by atoms with Crippen molar-refractivity contribution in [3.8, 4) is 0 Å². The molecule has 1 unspecified atom stereocenters. The maximum atomic E-state index is 12.5. The van der Waals surface area contributed by atoms with E-state index in [4.69, 9.17) is 4.74 Å². The number of hydrogen-bond donors (Lipinski definition) is 1. The molecule has 0 aromatic heterocycles. The number of ether oxygens (including phenoxy) is 1. The van der Waals surface area contributed by atoms with Crippen LogP contribution in [0, 0.1) is 17.3 Å². The Bertz CT molecular complexity index is 307. The molecule has 5 nitrogen and oxygen atoms in total. The predicted molar refractivity (Wildman–Crippen MR) is 73.9 cm³/mol. The largest absolute Gasteiger partial charge is 0.481 e. The SMILES string of the molecule is COCCN(CC(C)C)C(=O)C(C(=O)O)C(C)(C)C. The van der Waals surface area contributed by atoms with E-state index in [9.17, 15) is 14.7 Å². The summed E-state index contributed by atoms with van der Waals surface area (Å²) < 4.78 is 4.99. The Labute approximate surface area is 115 Å². The van der Waals surface area contributed by atoms with Gasteiger partial charge in [-0.3, -0.25) is 9.59 Å². The van der Waals surface area contributed by atoms with Crippen LogP contribution in [0.5, 0.6) is 0 Å². The van der Waals surface area contributed by atoms with E-state index in [-0.39, 0.29) is 11.8 Å². The van der Waals surface area contributed by atoms with Gasteiger partial charge in [-0.05, 0) is 11.3 Å². The van der Waals surface area contributed by atoms with E-state index < -0.39 is 17.3 Å². The van der Waals surface area contributed by atoms with Crippen LogP contribution in [0.1, 0.15) is 34.6 Å². The first-order valence-electron chi connectivity index (χ1n) is 6.61. The molecular weight excluding hydrogens is 246 g/mol. The molecule has 0 radical (unpaired) electrons. The van der Waals surface area contributed by atoms with E-state index in [0.29, 0.717) is 19.7 Å². The third-order valence-electron chi connectivity index (χ3n) is 2.82. The number of hydrogen-bond acceptors (Lipinski definition) is 3. The van der Waals surface area contributed by atoms with Crippen LogP contribution in [-0.4, -0.2) is 48.7 Å². The number of nitrogens with zero attached hydrogens (tertiary/aromatic N) is 1. The second-order valence-electron chi connectivity index (χ2n) is 6.31. The standard InChI is InChI=1S/C14H27NO4/c1-10(2)9-15(7-8-19-6)12(16)11(13(17)18)14(3,4)5/h10-11H,7-9H2,1-6H3,(H,17,18). The molecule has 0 spiro atoms. The first-order valence-corrected chi connectivity index (χ1v) is 6.61. The number of aliphatic carboxylic acids is 1. The normalized spacial score (nSPS) is 13.4. The van der Waals surface area contributed by atoms with E-state index in [1.54, 1.807) is 32.8 Å². The van der Waals surface area contributed by atoms with Gasteiger partial charge in [-0.1, -0.05) is 34.6 Å². The van der Waals surface area contributed by atoms with Crippen LogP contribution in [0.3, 0.4) is 0 Å². The molecule has 0 heterocycles. The Kier molecular flexibility index (Phi) is 7.05. The molecule has 1 amide bonds. The summed E-state index contributed by atoms with van der Waals surface area (Å²) in [5.74, 6) is -2.13. The van der Waals surface area contributed by atoms with Crippen molar-refractivity contribution in [1.29, 1.82) is 0 Å². The summed E-state index contributed by atoms with van der Waals surface area (Å²) >= 11 is 0. The van der Waals surface area contributed by atoms with Crippen molar-refractivity contribution in [2.24, 2.45) is 17.3 Å². The molecule has 0 fully saturated rings. The lowest BCUT2D eigenvalue weighted by molar-refractivity contribution is -0.156. The molecule has 0 aliphatic heterocycles. The van der Waals surface area contributed by atoms with Crippen LogP contribution >= 0.6 is 0 Å². The van der Waals surface area contributed by atoms with E-state index in [1.807, 2.05) is 13.8 Å². The van der Waals surface area contributed by atoms with Crippen LogP contribution in [0.25, 0.3) is 0 Å². The molecule has 19 heavy (non-hydrogen) atoms. The minimum absolute atomic E-state index is 0.287. The van der Waals surface area contributed by atoms with E-state index >= 15 is 0 Å². The zero-order valence-corrected chi connectivity index (χ0v) is 12.9. The molecule has 1 N–H and O–H groups in total. The summed E-state index contributed by atoms with van der Waals surface area (Å²) in [5, 5.41) is 9.31. The maximum Gasteiger partial charge on any atom is 0.316 e. The van der Waals surface area contributed by atoms with Crippen LogP contribution in [0.2, 0.25) is 0 Å². The van der Waals surface area contributed by atoms with Gasteiger partial charge in [-0.25, -0.2) is 0 Å². The number of carbonyl (C=O) groups is 2. The fourth-order valence-corrected chi connectivity index (χ4v) is 1.96. The Hall–Kier alpha value is -1.10. The van der Waals surface area contributed by atoms with Gasteiger partial charge in [-0.2, -0.15) is 0 Å². The summed E-state index contributed by atoms with van der Waals surface area (Å²) in [6.45, 7) is 10.7. The Balaban J connectivity index is 5.07. The Morgan fingerprint density at radius 1 is 1.26 bits per heavy atom. The fourth-order valence-electron chi connectivity index (χ4n) is 1.96. The van der Waals surface area contributed by atoms with Gasteiger partial charge in [0.2, 0.25) is 5.91 Å². The first kappa shape index (κ1) is 17.9. The zero-order valence-electron chi connectivity index (χ0n) is 12.9. The highest BCUT2D eigenvalue weighted by atomic mass is 16.5. The molecule has 5 heteroatoms. The number of rotatable bonds is 7. The number of amides is 1. The Morgan fingerprint density at radius 3 is 2.11 bits per heavy atom. The van der Waals surface area contributed by atoms with Gasteiger partial charge in [0.05, 0.1) is 6.61 Å². The average molecular weight is 273 g/mol. The lowest BCUT2D eigenvalue weighted by atomic mass is 9.79. The first-order chi connectivity index (χ1) is 8.61. The highest BCUT2D eigenvalue weighted by Gasteiger charge is 2.40. The molecule has 0 rings (SSSR count). The molecule has 0 aliphatic carbocycles. The molecule has 1 atom stereocenters. The van der Waals surface area contributed by atoms with E-state index in [2.05, 4.69) is 0 Å². The topological polar surface area (TPSA) is 66.8 Å². The smallest absolute Gasteiger partial charge is 0.316 e.